The Kier molecular flexibility index (Phi) is 4.59. The maximum atomic E-state index is 12.8. The molecule has 1 aliphatic carbocycles. The molecule has 0 bridgehead atoms. The number of rotatable bonds is 3. The molecule has 154 valence electrons. The second kappa shape index (κ2) is 7.32. The summed E-state index contributed by atoms with van der Waals surface area (Å²) in [5.74, 6) is -2.00. The fourth-order valence-electron chi connectivity index (χ4n) is 4.37. The number of pyridine rings is 1. The maximum Gasteiger partial charge on any atom is 0.336 e. The molecule has 7 heteroatoms. The molecule has 6 nitrogen and oxygen atoms in total. The minimum Gasteiger partial charge on any atom is -0.478 e. The molecule has 2 aliphatic rings. The summed E-state index contributed by atoms with van der Waals surface area (Å²) in [6, 6.07) is 13.4. The number of hydrogen-bond acceptors (Lipinski definition) is 4. The zero-order valence-electron chi connectivity index (χ0n) is 16.3. The minimum absolute atomic E-state index is 0.105. The topological polar surface area (TPSA) is 87.6 Å². The van der Waals surface area contributed by atoms with Gasteiger partial charge in [-0.3, -0.25) is 14.5 Å². The minimum atomic E-state index is -1.07. The number of aromatic nitrogens is 1. The summed E-state index contributed by atoms with van der Waals surface area (Å²) >= 11 is 6.25. The van der Waals surface area contributed by atoms with Crippen molar-refractivity contribution in [3.05, 3.63) is 71.3 Å². The Labute approximate surface area is 182 Å². The van der Waals surface area contributed by atoms with E-state index in [4.69, 9.17) is 11.6 Å². The second-order valence-corrected chi connectivity index (χ2v) is 8.12. The molecule has 1 N–H and O–H groups in total. The predicted molar refractivity (Wildman–Crippen MR) is 117 cm³/mol. The number of imide groups is 1. The van der Waals surface area contributed by atoms with E-state index in [-0.39, 0.29) is 29.2 Å². The van der Waals surface area contributed by atoms with E-state index in [1.54, 1.807) is 42.5 Å². The summed E-state index contributed by atoms with van der Waals surface area (Å²) < 4.78 is 0. The Morgan fingerprint density at radius 2 is 1.65 bits per heavy atom. The molecule has 5 rings (SSSR count). The van der Waals surface area contributed by atoms with Crippen LogP contribution in [0.3, 0.4) is 0 Å². The number of halogens is 1. The Bertz CT molecular complexity index is 1260. The van der Waals surface area contributed by atoms with Crippen LogP contribution in [0.1, 0.15) is 23.2 Å². The third-order valence-corrected chi connectivity index (χ3v) is 6.25. The van der Waals surface area contributed by atoms with E-state index < -0.39 is 5.97 Å². The molecule has 1 fully saturated rings. The molecule has 2 heterocycles. The van der Waals surface area contributed by atoms with Crippen molar-refractivity contribution in [2.45, 2.75) is 12.8 Å². The highest BCUT2D eigenvalue weighted by molar-refractivity contribution is 6.35. The molecule has 1 saturated heterocycles. The lowest BCUT2D eigenvalue weighted by Gasteiger charge is -2.15. The van der Waals surface area contributed by atoms with Gasteiger partial charge < -0.3 is 5.11 Å². The number of carboxylic acids is 1. The maximum absolute atomic E-state index is 12.8. The van der Waals surface area contributed by atoms with Crippen LogP contribution in [0.25, 0.3) is 22.2 Å². The monoisotopic (exact) mass is 432 g/mol. The van der Waals surface area contributed by atoms with Crippen LogP contribution in [0.2, 0.25) is 5.02 Å². The van der Waals surface area contributed by atoms with Gasteiger partial charge in [-0.05, 0) is 37.1 Å². The number of aromatic carboxylic acids is 1. The summed E-state index contributed by atoms with van der Waals surface area (Å²) in [5, 5.41) is 10.5. The fraction of sp³-hybridized carbons (Fsp3) is 0.167. The van der Waals surface area contributed by atoms with Crippen molar-refractivity contribution in [3.8, 4) is 11.3 Å². The number of carboxylic acid groups (broad SMARTS) is 1. The number of carbonyl (C=O) groups is 3. The van der Waals surface area contributed by atoms with Gasteiger partial charge in [0.2, 0.25) is 11.8 Å². The largest absolute Gasteiger partial charge is 0.478 e. The predicted octanol–water partition coefficient (Wildman–Crippen LogP) is 4.71. The third-order valence-electron chi connectivity index (χ3n) is 5.95. The molecule has 0 spiro atoms. The standard InChI is InChI=1S/C24H17ClN2O4/c25-19-7-3-6-15-18(24(30)31)12-20(26-21(15)19)13-8-10-14(11-9-13)27-22(28)16-4-1-2-5-17(16)23(27)29/h1-3,6-12,16-17H,4-5H2,(H,30,31)/t16-,17-/m0/s1. The van der Waals surface area contributed by atoms with E-state index in [1.165, 1.54) is 11.0 Å². The zero-order chi connectivity index (χ0) is 21.7. The lowest BCUT2D eigenvalue weighted by molar-refractivity contribution is -0.122. The molecular formula is C24H17ClN2O4. The molecule has 2 amide bonds. The summed E-state index contributed by atoms with van der Waals surface area (Å²) in [6.45, 7) is 0. The van der Waals surface area contributed by atoms with E-state index in [9.17, 15) is 19.5 Å². The number of para-hydroxylation sites is 1. The third kappa shape index (κ3) is 3.11. The van der Waals surface area contributed by atoms with Crippen LogP contribution in [-0.2, 0) is 9.59 Å². The number of carbonyl (C=O) groups excluding carboxylic acids is 2. The normalized spacial score (nSPS) is 20.4. The first-order chi connectivity index (χ1) is 15.0. The molecular weight excluding hydrogens is 416 g/mol. The molecule has 3 aromatic rings. The summed E-state index contributed by atoms with van der Waals surface area (Å²) in [4.78, 5) is 43.2. The molecule has 0 radical (unpaired) electrons. The smallest absolute Gasteiger partial charge is 0.336 e. The molecule has 2 aromatic carbocycles. The van der Waals surface area contributed by atoms with Crippen molar-refractivity contribution in [2.24, 2.45) is 11.8 Å². The van der Waals surface area contributed by atoms with Crippen LogP contribution < -0.4 is 4.90 Å². The van der Waals surface area contributed by atoms with Gasteiger partial charge in [0.1, 0.15) is 0 Å². The summed E-state index contributed by atoms with van der Waals surface area (Å²) in [7, 11) is 0. The quantitative estimate of drug-likeness (QED) is 0.478. The number of allylic oxidation sites excluding steroid dienone is 2. The summed E-state index contributed by atoms with van der Waals surface area (Å²) in [6.07, 6.45) is 5.08. The number of benzene rings is 2. The van der Waals surface area contributed by atoms with E-state index >= 15 is 0 Å². The summed E-state index contributed by atoms with van der Waals surface area (Å²) in [5.41, 5.74) is 2.12. The van der Waals surface area contributed by atoms with Gasteiger partial charge in [0.25, 0.3) is 0 Å². The van der Waals surface area contributed by atoms with Crippen molar-refractivity contribution in [2.75, 3.05) is 4.90 Å². The van der Waals surface area contributed by atoms with Gasteiger partial charge in [-0.15, -0.1) is 0 Å². The van der Waals surface area contributed by atoms with Crippen molar-refractivity contribution < 1.29 is 19.5 Å². The van der Waals surface area contributed by atoms with E-state index in [1.807, 2.05) is 12.2 Å². The molecule has 1 aromatic heterocycles. The number of fused-ring (bicyclic) bond motifs is 2. The van der Waals surface area contributed by atoms with Crippen molar-refractivity contribution in [1.82, 2.24) is 4.98 Å². The van der Waals surface area contributed by atoms with E-state index in [0.717, 1.165) is 0 Å². The highest BCUT2D eigenvalue weighted by Gasteiger charge is 2.47. The van der Waals surface area contributed by atoms with Gasteiger partial charge in [-0.1, -0.05) is 48.0 Å². The lowest BCUT2D eigenvalue weighted by Crippen LogP contribution is -2.30. The van der Waals surface area contributed by atoms with Crippen LogP contribution in [-0.4, -0.2) is 27.9 Å². The first-order valence-electron chi connectivity index (χ1n) is 9.91. The first-order valence-corrected chi connectivity index (χ1v) is 10.3. The fourth-order valence-corrected chi connectivity index (χ4v) is 4.59. The van der Waals surface area contributed by atoms with Crippen molar-refractivity contribution in [3.63, 3.8) is 0 Å². The lowest BCUT2D eigenvalue weighted by atomic mass is 9.85. The van der Waals surface area contributed by atoms with Gasteiger partial charge >= 0.3 is 5.97 Å². The molecule has 0 unspecified atom stereocenters. The first kappa shape index (κ1) is 19.5. The van der Waals surface area contributed by atoms with Crippen LogP contribution in [0.15, 0.2) is 60.7 Å². The number of amides is 2. The van der Waals surface area contributed by atoms with Crippen LogP contribution in [0, 0.1) is 11.8 Å². The molecule has 1 aliphatic heterocycles. The highest BCUT2D eigenvalue weighted by Crippen LogP contribution is 2.38. The van der Waals surface area contributed by atoms with Crippen molar-refractivity contribution >= 4 is 46.0 Å². The van der Waals surface area contributed by atoms with Crippen LogP contribution >= 0.6 is 11.6 Å². The van der Waals surface area contributed by atoms with Crippen molar-refractivity contribution in [1.29, 1.82) is 0 Å². The molecule has 0 saturated carbocycles. The zero-order valence-corrected chi connectivity index (χ0v) is 17.0. The van der Waals surface area contributed by atoms with Gasteiger partial charge in [0, 0.05) is 10.9 Å². The van der Waals surface area contributed by atoms with Gasteiger partial charge in [-0.2, -0.15) is 0 Å². The second-order valence-electron chi connectivity index (χ2n) is 7.71. The SMILES string of the molecule is O=C(O)c1cc(-c2ccc(N3C(=O)[C@H]4CC=CC[C@@H]4C3=O)cc2)nc2c(Cl)cccc12. The molecule has 31 heavy (non-hydrogen) atoms. The van der Waals surface area contributed by atoms with Crippen LogP contribution in [0.4, 0.5) is 5.69 Å². The Morgan fingerprint density at radius 3 is 2.26 bits per heavy atom. The van der Waals surface area contributed by atoms with Gasteiger partial charge in [-0.25, -0.2) is 9.78 Å². The van der Waals surface area contributed by atoms with Crippen LogP contribution in [0.5, 0.6) is 0 Å². The highest BCUT2D eigenvalue weighted by atomic mass is 35.5. The average Bonchev–Trinajstić information content (AvgIpc) is 3.04. The van der Waals surface area contributed by atoms with Gasteiger partial charge in [0.15, 0.2) is 0 Å². The molecule has 2 atom stereocenters. The van der Waals surface area contributed by atoms with Gasteiger partial charge in [0.05, 0.1) is 39.3 Å². The Hall–Kier alpha value is -3.51. The average molecular weight is 433 g/mol. The van der Waals surface area contributed by atoms with E-state index in [2.05, 4.69) is 4.98 Å². The van der Waals surface area contributed by atoms with E-state index in [0.29, 0.717) is 45.7 Å². The Morgan fingerprint density at radius 1 is 1.00 bits per heavy atom. The number of anilines is 1. The number of hydrogen-bond donors (Lipinski definition) is 1. The Balaban J connectivity index is 1.53. The number of nitrogens with zero attached hydrogens (tertiary/aromatic N) is 2.